The van der Waals surface area contributed by atoms with Crippen LogP contribution >= 0.6 is 0 Å². The van der Waals surface area contributed by atoms with Crippen molar-refractivity contribution >= 4 is 0 Å². The van der Waals surface area contributed by atoms with Crippen molar-refractivity contribution in [3.05, 3.63) is 0 Å². The number of rotatable bonds is 1. The van der Waals surface area contributed by atoms with Crippen molar-refractivity contribution in [1.29, 1.82) is 0 Å². The van der Waals surface area contributed by atoms with Gasteiger partial charge in [-0.05, 0) is 27.4 Å². The van der Waals surface area contributed by atoms with Gasteiger partial charge in [-0.15, -0.1) is 0 Å². The molecule has 1 fully saturated rings. The molecule has 0 aromatic carbocycles. The fraction of sp³-hybridized carbons (Fsp3) is 1.00. The van der Waals surface area contributed by atoms with E-state index in [1.807, 2.05) is 0 Å². The van der Waals surface area contributed by atoms with Crippen molar-refractivity contribution in [3.63, 3.8) is 0 Å². The highest BCUT2D eigenvalue weighted by Crippen LogP contribution is 2.09. The first-order valence-corrected chi connectivity index (χ1v) is 3.60. The predicted molar refractivity (Wildman–Crippen MR) is 39.6 cm³/mol. The van der Waals surface area contributed by atoms with Crippen molar-refractivity contribution in [2.75, 3.05) is 20.6 Å². The van der Waals surface area contributed by atoms with Gasteiger partial charge in [0, 0.05) is 18.6 Å². The highest BCUT2D eigenvalue weighted by Gasteiger charge is 2.21. The zero-order chi connectivity index (χ0) is 6.85. The standard InChI is InChI=1S/C7H16N2/c1-6-4-7(5-8-6)9(2)3/h6-8H,4-5H2,1-3H3. The molecule has 1 saturated heterocycles. The number of nitrogens with one attached hydrogen (secondary N) is 1. The maximum absolute atomic E-state index is 3.41. The van der Waals surface area contributed by atoms with E-state index in [1.54, 1.807) is 0 Å². The van der Waals surface area contributed by atoms with Crippen LogP contribution in [0.1, 0.15) is 13.3 Å². The van der Waals surface area contributed by atoms with Crippen molar-refractivity contribution in [1.82, 2.24) is 10.2 Å². The normalized spacial score (nSPS) is 36.0. The van der Waals surface area contributed by atoms with Crippen LogP contribution in [-0.4, -0.2) is 37.6 Å². The van der Waals surface area contributed by atoms with Gasteiger partial charge in [0.2, 0.25) is 0 Å². The van der Waals surface area contributed by atoms with Gasteiger partial charge in [-0.3, -0.25) is 0 Å². The summed E-state index contributed by atoms with van der Waals surface area (Å²) < 4.78 is 0. The van der Waals surface area contributed by atoms with Crippen LogP contribution in [0.4, 0.5) is 0 Å². The van der Waals surface area contributed by atoms with Crippen LogP contribution in [0.5, 0.6) is 0 Å². The third-order valence-electron chi connectivity index (χ3n) is 2.06. The van der Waals surface area contributed by atoms with Crippen LogP contribution in [0.15, 0.2) is 0 Å². The van der Waals surface area contributed by atoms with E-state index < -0.39 is 0 Å². The summed E-state index contributed by atoms with van der Waals surface area (Å²) in [5.41, 5.74) is 0. The molecule has 1 aliphatic heterocycles. The largest absolute Gasteiger partial charge is 0.313 e. The van der Waals surface area contributed by atoms with Crippen LogP contribution in [0.25, 0.3) is 0 Å². The molecule has 54 valence electrons. The molecule has 0 aliphatic carbocycles. The minimum Gasteiger partial charge on any atom is -0.313 e. The molecule has 2 nitrogen and oxygen atoms in total. The summed E-state index contributed by atoms with van der Waals surface area (Å²) in [6, 6.07) is 1.48. The third kappa shape index (κ3) is 1.66. The monoisotopic (exact) mass is 128 g/mol. The van der Waals surface area contributed by atoms with Crippen LogP contribution in [0.3, 0.4) is 0 Å². The number of nitrogens with zero attached hydrogens (tertiary/aromatic N) is 1. The van der Waals surface area contributed by atoms with Crippen LogP contribution in [-0.2, 0) is 0 Å². The van der Waals surface area contributed by atoms with E-state index in [1.165, 1.54) is 6.42 Å². The first-order chi connectivity index (χ1) is 4.20. The molecule has 0 amide bonds. The molecule has 1 N–H and O–H groups in total. The van der Waals surface area contributed by atoms with Gasteiger partial charge in [-0.1, -0.05) is 0 Å². The Morgan fingerprint density at radius 1 is 1.44 bits per heavy atom. The van der Waals surface area contributed by atoms with Crippen molar-refractivity contribution < 1.29 is 0 Å². The molecular weight excluding hydrogens is 112 g/mol. The van der Waals surface area contributed by atoms with Crippen LogP contribution in [0, 0.1) is 0 Å². The molecule has 1 rings (SSSR count). The molecule has 0 saturated carbocycles. The van der Waals surface area contributed by atoms with Gasteiger partial charge in [0.1, 0.15) is 0 Å². The molecule has 2 heteroatoms. The summed E-state index contributed by atoms with van der Waals surface area (Å²) in [5.74, 6) is 0. The smallest absolute Gasteiger partial charge is 0.0229 e. The molecule has 0 spiro atoms. The van der Waals surface area contributed by atoms with E-state index in [-0.39, 0.29) is 0 Å². The van der Waals surface area contributed by atoms with Gasteiger partial charge in [0.25, 0.3) is 0 Å². The zero-order valence-electron chi connectivity index (χ0n) is 6.52. The SMILES string of the molecule is CC1CC(N(C)C)CN1. The fourth-order valence-corrected chi connectivity index (χ4v) is 1.31. The predicted octanol–water partition coefficient (Wildman–Crippen LogP) is 0.298. The van der Waals surface area contributed by atoms with E-state index in [0.717, 1.165) is 18.6 Å². The van der Waals surface area contributed by atoms with E-state index >= 15 is 0 Å². The number of hydrogen-bond acceptors (Lipinski definition) is 2. The van der Waals surface area contributed by atoms with Crippen molar-refractivity contribution in [2.45, 2.75) is 25.4 Å². The molecule has 0 bridgehead atoms. The average molecular weight is 128 g/mol. The lowest BCUT2D eigenvalue weighted by Crippen LogP contribution is -2.29. The molecule has 1 heterocycles. The van der Waals surface area contributed by atoms with Gasteiger partial charge >= 0.3 is 0 Å². The van der Waals surface area contributed by atoms with Gasteiger partial charge in [0.05, 0.1) is 0 Å². The molecule has 0 aromatic rings. The van der Waals surface area contributed by atoms with Crippen LogP contribution in [0.2, 0.25) is 0 Å². The van der Waals surface area contributed by atoms with E-state index in [0.29, 0.717) is 0 Å². The molecule has 0 radical (unpaired) electrons. The molecule has 2 atom stereocenters. The Morgan fingerprint density at radius 3 is 2.33 bits per heavy atom. The van der Waals surface area contributed by atoms with Crippen molar-refractivity contribution in [2.24, 2.45) is 0 Å². The topological polar surface area (TPSA) is 15.3 Å². The summed E-state index contributed by atoms with van der Waals surface area (Å²) in [6.45, 7) is 3.40. The summed E-state index contributed by atoms with van der Waals surface area (Å²) in [4.78, 5) is 2.29. The lowest BCUT2D eigenvalue weighted by molar-refractivity contribution is 0.310. The van der Waals surface area contributed by atoms with E-state index in [2.05, 4.69) is 31.2 Å². The molecule has 9 heavy (non-hydrogen) atoms. The van der Waals surface area contributed by atoms with E-state index in [4.69, 9.17) is 0 Å². The second kappa shape index (κ2) is 2.67. The first kappa shape index (κ1) is 7.03. The zero-order valence-corrected chi connectivity index (χ0v) is 6.52. The lowest BCUT2D eigenvalue weighted by atomic mass is 10.2. The fourth-order valence-electron chi connectivity index (χ4n) is 1.31. The number of likely N-dealkylation sites (N-methyl/N-ethyl adjacent to an activating group) is 1. The quantitative estimate of drug-likeness (QED) is 0.546. The Labute approximate surface area is 57.2 Å². The minimum absolute atomic E-state index is 0.720. The molecule has 1 aliphatic rings. The average Bonchev–Trinajstić information content (AvgIpc) is 2.14. The Morgan fingerprint density at radius 2 is 2.11 bits per heavy atom. The van der Waals surface area contributed by atoms with Gasteiger partial charge in [-0.2, -0.15) is 0 Å². The van der Waals surface area contributed by atoms with Crippen LogP contribution < -0.4 is 5.32 Å². The molecular formula is C7H16N2. The van der Waals surface area contributed by atoms with Gasteiger partial charge < -0.3 is 10.2 Å². The highest BCUT2D eigenvalue weighted by atomic mass is 15.2. The second-order valence-electron chi connectivity index (χ2n) is 3.16. The third-order valence-corrected chi connectivity index (χ3v) is 2.06. The summed E-state index contributed by atoms with van der Waals surface area (Å²) in [6.07, 6.45) is 1.30. The second-order valence-corrected chi connectivity index (χ2v) is 3.16. The summed E-state index contributed by atoms with van der Waals surface area (Å²) >= 11 is 0. The molecule has 0 aromatic heterocycles. The minimum atomic E-state index is 0.720. The maximum Gasteiger partial charge on any atom is 0.0229 e. The lowest BCUT2D eigenvalue weighted by Gasteiger charge is -2.16. The van der Waals surface area contributed by atoms with E-state index in [9.17, 15) is 0 Å². The Balaban J connectivity index is 2.30. The highest BCUT2D eigenvalue weighted by molar-refractivity contribution is 4.82. The van der Waals surface area contributed by atoms with Crippen molar-refractivity contribution in [3.8, 4) is 0 Å². The maximum atomic E-state index is 3.41. The number of hydrogen-bond donors (Lipinski definition) is 1. The van der Waals surface area contributed by atoms with Gasteiger partial charge in [0.15, 0.2) is 0 Å². The first-order valence-electron chi connectivity index (χ1n) is 3.60. The van der Waals surface area contributed by atoms with Gasteiger partial charge in [-0.25, -0.2) is 0 Å². The summed E-state index contributed by atoms with van der Waals surface area (Å²) in [5, 5.41) is 3.41. The Hall–Kier alpha value is -0.0800. The Kier molecular flexibility index (Phi) is 2.09. The Bertz CT molecular complexity index is 90.9. The summed E-state index contributed by atoms with van der Waals surface area (Å²) in [7, 11) is 4.29. The molecule has 2 unspecified atom stereocenters.